The highest BCUT2D eigenvalue weighted by atomic mass is 19.1. The number of nitrogens with two attached hydrogens (primary N) is 1. The molecule has 1 rings (SSSR count). The molecule has 0 spiro atoms. The zero-order chi connectivity index (χ0) is 14.3. The van der Waals surface area contributed by atoms with Gasteiger partial charge in [0.25, 0.3) is 0 Å². The Kier molecular flexibility index (Phi) is 6.85. The van der Waals surface area contributed by atoms with Crippen LogP contribution >= 0.6 is 0 Å². The molecule has 0 aliphatic carbocycles. The Labute approximate surface area is 116 Å². The summed E-state index contributed by atoms with van der Waals surface area (Å²) in [6.45, 7) is 6.87. The highest BCUT2D eigenvalue weighted by Crippen LogP contribution is 2.21. The lowest BCUT2D eigenvalue weighted by atomic mass is 10.0. The lowest BCUT2D eigenvalue weighted by Gasteiger charge is -2.15. The van der Waals surface area contributed by atoms with Gasteiger partial charge in [0.05, 0.1) is 6.61 Å². The maximum absolute atomic E-state index is 13.9. The third-order valence-corrected chi connectivity index (χ3v) is 3.65. The average molecular weight is 267 g/mol. The highest BCUT2D eigenvalue weighted by molar-refractivity contribution is 5.29. The summed E-state index contributed by atoms with van der Waals surface area (Å²) in [5, 5.41) is 0. The second kappa shape index (κ2) is 8.16. The van der Waals surface area contributed by atoms with Crippen molar-refractivity contribution in [3.8, 4) is 5.75 Å². The van der Waals surface area contributed by atoms with Crippen LogP contribution in [0.3, 0.4) is 0 Å². The van der Waals surface area contributed by atoms with Crippen LogP contribution in [0.15, 0.2) is 18.2 Å². The molecular weight excluding hydrogens is 241 g/mol. The number of halogens is 1. The van der Waals surface area contributed by atoms with Gasteiger partial charge in [-0.2, -0.15) is 0 Å². The fourth-order valence-electron chi connectivity index (χ4n) is 1.97. The van der Waals surface area contributed by atoms with Crippen LogP contribution in [0.4, 0.5) is 4.39 Å². The van der Waals surface area contributed by atoms with Crippen molar-refractivity contribution in [1.82, 2.24) is 0 Å². The molecule has 1 unspecified atom stereocenters. The average Bonchev–Trinajstić information content (AvgIpc) is 2.41. The van der Waals surface area contributed by atoms with Gasteiger partial charge in [-0.15, -0.1) is 0 Å². The molecule has 1 aromatic carbocycles. The van der Waals surface area contributed by atoms with E-state index in [9.17, 15) is 4.39 Å². The van der Waals surface area contributed by atoms with Crippen molar-refractivity contribution >= 4 is 0 Å². The molecular formula is C16H26FNO. The van der Waals surface area contributed by atoms with Crippen LogP contribution < -0.4 is 10.5 Å². The minimum atomic E-state index is -0.285. The molecule has 0 saturated carbocycles. The second-order valence-corrected chi connectivity index (χ2v) is 5.13. The Hall–Kier alpha value is -1.09. The number of hydrogen-bond acceptors (Lipinski definition) is 2. The predicted molar refractivity (Wildman–Crippen MR) is 77.9 cm³/mol. The normalized spacial score (nSPS) is 12.7. The van der Waals surface area contributed by atoms with Gasteiger partial charge in [0, 0.05) is 6.04 Å². The fraction of sp³-hybridized carbons (Fsp3) is 0.625. The lowest BCUT2D eigenvalue weighted by Crippen LogP contribution is -2.21. The third-order valence-electron chi connectivity index (χ3n) is 3.65. The zero-order valence-electron chi connectivity index (χ0n) is 12.3. The molecule has 0 aromatic heterocycles. The van der Waals surface area contributed by atoms with Gasteiger partial charge in [-0.25, -0.2) is 4.39 Å². The van der Waals surface area contributed by atoms with Gasteiger partial charge in [-0.3, -0.25) is 0 Å². The molecule has 0 radical (unpaired) electrons. The van der Waals surface area contributed by atoms with Gasteiger partial charge >= 0.3 is 0 Å². The van der Waals surface area contributed by atoms with E-state index in [0.717, 1.165) is 24.8 Å². The quantitative estimate of drug-likeness (QED) is 0.774. The van der Waals surface area contributed by atoms with Crippen LogP contribution in [0, 0.1) is 11.7 Å². The van der Waals surface area contributed by atoms with E-state index in [1.165, 1.54) is 6.07 Å². The number of ether oxygens (including phenoxy) is 1. The van der Waals surface area contributed by atoms with Gasteiger partial charge in [-0.05, 0) is 36.5 Å². The number of benzene rings is 1. The zero-order valence-corrected chi connectivity index (χ0v) is 12.3. The standard InChI is InChI=1S/C16H26FNO/c1-4-12(5-2)11-19-16-8-7-13(10-15(16)17)9-14(18)6-3/h7-8,10,12,14H,4-6,9,11,18H2,1-3H3. The van der Waals surface area contributed by atoms with E-state index in [4.69, 9.17) is 10.5 Å². The molecule has 19 heavy (non-hydrogen) atoms. The van der Waals surface area contributed by atoms with E-state index in [1.807, 2.05) is 13.0 Å². The van der Waals surface area contributed by atoms with Crippen LogP contribution in [-0.4, -0.2) is 12.6 Å². The van der Waals surface area contributed by atoms with Crippen LogP contribution in [0.5, 0.6) is 5.75 Å². The van der Waals surface area contributed by atoms with Crippen molar-refractivity contribution in [3.63, 3.8) is 0 Å². The van der Waals surface area contributed by atoms with Gasteiger partial charge in [0.15, 0.2) is 11.6 Å². The minimum Gasteiger partial charge on any atom is -0.490 e. The molecule has 2 nitrogen and oxygen atoms in total. The van der Waals surface area contributed by atoms with Gasteiger partial charge in [0.2, 0.25) is 0 Å². The van der Waals surface area contributed by atoms with Crippen molar-refractivity contribution in [2.24, 2.45) is 11.7 Å². The first-order chi connectivity index (χ1) is 9.10. The van der Waals surface area contributed by atoms with E-state index in [2.05, 4.69) is 13.8 Å². The molecule has 108 valence electrons. The Morgan fingerprint density at radius 1 is 1.16 bits per heavy atom. The van der Waals surface area contributed by atoms with E-state index in [1.54, 1.807) is 6.07 Å². The van der Waals surface area contributed by atoms with Crippen molar-refractivity contribution < 1.29 is 9.13 Å². The van der Waals surface area contributed by atoms with Crippen LogP contribution in [0.2, 0.25) is 0 Å². The van der Waals surface area contributed by atoms with Gasteiger partial charge < -0.3 is 10.5 Å². The highest BCUT2D eigenvalue weighted by Gasteiger charge is 2.10. The summed E-state index contributed by atoms with van der Waals surface area (Å²) in [5.74, 6) is 0.556. The van der Waals surface area contributed by atoms with Crippen molar-refractivity contribution in [2.75, 3.05) is 6.61 Å². The largest absolute Gasteiger partial charge is 0.490 e. The van der Waals surface area contributed by atoms with Crippen LogP contribution in [0.1, 0.15) is 45.6 Å². The summed E-state index contributed by atoms with van der Waals surface area (Å²) in [7, 11) is 0. The fourth-order valence-corrected chi connectivity index (χ4v) is 1.97. The summed E-state index contributed by atoms with van der Waals surface area (Å²) in [5.41, 5.74) is 6.81. The lowest BCUT2D eigenvalue weighted by molar-refractivity contribution is 0.231. The Morgan fingerprint density at radius 2 is 1.84 bits per heavy atom. The van der Waals surface area contributed by atoms with E-state index < -0.39 is 0 Å². The number of rotatable bonds is 8. The summed E-state index contributed by atoms with van der Waals surface area (Å²) in [6, 6.07) is 5.25. The topological polar surface area (TPSA) is 35.2 Å². The SMILES string of the molecule is CCC(N)Cc1ccc(OCC(CC)CC)c(F)c1. The first-order valence-corrected chi connectivity index (χ1v) is 7.27. The predicted octanol–water partition coefficient (Wildman–Crippen LogP) is 3.92. The van der Waals surface area contributed by atoms with Crippen molar-refractivity contribution in [3.05, 3.63) is 29.6 Å². The first-order valence-electron chi connectivity index (χ1n) is 7.27. The number of hydrogen-bond donors (Lipinski definition) is 1. The molecule has 3 heteroatoms. The smallest absolute Gasteiger partial charge is 0.165 e. The summed E-state index contributed by atoms with van der Waals surface area (Å²) in [6.07, 6.45) is 3.72. The Bertz CT molecular complexity index is 377. The van der Waals surface area contributed by atoms with Crippen LogP contribution in [-0.2, 0) is 6.42 Å². The first kappa shape index (κ1) is 16.0. The summed E-state index contributed by atoms with van der Waals surface area (Å²) in [4.78, 5) is 0. The molecule has 2 N–H and O–H groups in total. The Balaban J connectivity index is 2.61. The maximum atomic E-state index is 13.9. The third kappa shape index (κ3) is 5.19. The van der Waals surface area contributed by atoms with Gasteiger partial charge in [0.1, 0.15) is 0 Å². The molecule has 0 heterocycles. The van der Waals surface area contributed by atoms with Crippen LogP contribution in [0.25, 0.3) is 0 Å². The monoisotopic (exact) mass is 267 g/mol. The van der Waals surface area contributed by atoms with E-state index in [-0.39, 0.29) is 11.9 Å². The van der Waals surface area contributed by atoms with E-state index in [0.29, 0.717) is 24.7 Å². The molecule has 1 atom stereocenters. The minimum absolute atomic E-state index is 0.0933. The molecule has 0 bridgehead atoms. The van der Waals surface area contributed by atoms with E-state index >= 15 is 0 Å². The summed E-state index contributed by atoms with van der Waals surface area (Å²) < 4.78 is 19.5. The molecule has 1 aromatic rings. The molecule has 0 aliphatic heterocycles. The second-order valence-electron chi connectivity index (χ2n) is 5.13. The molecule has 0 amide bonds. The maximum Gasteiger partial charge on any atom is 0.165 e. The summed E-state index contributed by atoms with van der Waals surface area (Å²) >= 11 is 0. The van der Waals surface area contributed by atoms with Gasteiger partial charge in [-0.1, -0.05) is 39.7 Å². The Morgan fingerprint density at radius 3 is 2.37 bits per heavy atom. The van der Waals surface area contributed by atoms with Crippen molar-refractivity contribution in [1.29, 1.82) is 0 Å². The molecule has 0 saturated heterocycles. The van der Waals surface area contributed by atoms with Crippen molar-refractivity contribution in [2.45, 2.75) is 52.5 Å². The molecule has 0 aliphatic rings. The molecule has 0 fully saturated rings.